The molecule has 196 valence electrons. The van der Waals surface area contributed by atoms with Crippen LogP contribution >= 0.6 is 0 Å². The molecule has 4 aliphatic carbocycles. The minimum Gasteiger partial charge on any atom is -0.266 e. The van der Waals surface area contributed by atoms with Gasteiger partial charge in [-0.05, 0) is 130 Å². The highest BCUT2D eigenvalue weighted by molar-refractivity contribution is 7.86. The molecule has 0 amide bonds. The van der Waals surface area contributed by atoms with Crippen LogP contribution in [0.15, 0.2) is 29.2 Å². The van der Waals surface area contributed by atoms with Crippen molar-refractivity contribution < 1.29 is 12.6 Å². The third-order valence-corrected chi connectivity index (χ3v) is 13.0. The van der Waals surface area contributed by atoms with Crippen molar-refractivity contribution in [2.45, 2.75) is 110 Å². The van der Waals surface area contributed by atoms with Crippen molar-refractivity contribution in [3.63, 3.8) is 0 Å². The van der Waals surface area contributed by atoms with E-state index in [4.69, 9.17) is 4.18 Å². The van der Waals surface area contributed by atoms with E-state index in [1.165, 1.54) is 64.2 Å². The second-order valence-corrected chi connectivity index (χ2v) is 15.0. The Morgan fingerprint density at radius 1 is 0.914 bits per heavy atom. The average molecular weight is 501 g/mol. The summed E-state index contributed by atoms with van der Waals surface area (Å²) in [6, 6.07) is 6.94. The molecule has 1 aromatic carbocycles. The van der Waals surface area contributed by atoms with Crippen LogP contribution in [0.1, 0.15) is 103 Å². The van der Waals surface area contributed by atoms with E-state index in [0.717, 1.165) is 48.0 Å². The summed E-state index contributed by atoms with van der Waals surface area (Å²) < 4.78 is 30.4. The van der Waals surface area contributed by atoms with Crippen LogP contribution in [0.5, 0.6) is 0 Å². The van der Waals surface area contributed by atoms with Crippen molar-refractivity contribution in [3.8, 4) is 0 Å². The summed E-state index contributed by atoms with van der Waals surface area (Å²) in [4.78, 5) is 0.264. The average Bonchev–Trinajstić information content (AvgIpc) is 3.19. The Kier molecular flexibility index (Phi) is 7.20. The van der Waals surface area contributed by atoms with Crippen molar-refractivity contribution in [2.75, 3.05) is 6.61 Å². The lowest BCUT2D eigenvalue weighted by Gasteiger charge is -2.61. The Morgan fingerprint density at radius 2 is 1.66 bits per heavy atom. The summed E-state index contributed by atoms with van der Waals surface area (Å²) in [6.07, 6.45) is 16.4. The molecule has 0 N–H and O–H groups in total. The fourth-order valence-corrected chi connectivity index (χ4v) is 10.8. The smallest absolute Gasteiger partial charge is 0.266 e. The first kappa shape index (κ1) is 25.8. The van der Waals surface area contributed by atoms with Crippen LogP contribution in [0, 0.1) is 53.3 Å². The fraction of sp³-hybridized carbons (Fsp3) is 0.806. The minimum atomic E-state index is -3.65. The fourth-order valence-electron chi connectivity index (χ4n) is 9.82. The Morgan fingerprint density at radius 3 is 2.43 bits per heavy atom. The monoisotopic (exact) mass is 500 g/mol. The van der Waals surface area contributed by atoms with Crippen LogP contribution in [0.2, 0.25) is 0 Å². The standard InChI is InChI=1S/C31H48O3S/c1-22-10-13-25(14-11-22)35(32,33)34-21-7-8-23(2)27-16-17-28-26-15-12-24-9-5-6-19-30(24,3)29(26)18-20-31(27,28)4/h10-11,13-14,23-24,26-29H,5-9,12,15-21H2,1-4H3/t23-,24+,26?,27-,28?,29?,30+,31-/m1/s1. The van der Waals surface area contributed by atoms with Gasteiger partial charge in [0, 0.05) is 0 Å². The molecule has 1 aromatic rings. The lowest BCUT2D eigenvalue weighted by atomic mass is 9.44. The van der Waals surface area contributed by atoms with Gasteiger partial charge in [0.1, 0.15) is 0 Å². The maximum absolute atomic E-state index is 12.5. The first-order valence-electron chi connectivity index (χ1n) is 14.6. The van der Waals surface area contributed by atoms with Gasteiger partial charge in [-0.1, -0.05) is 51.3 Å². The molecule has 0 radical (unpaired) electrons. The van der Waals surface area contributed by atoms with Gasteiger partial charge in [0.15, 0.2) is 0 Å². The molecule has 3 unspecified atom stereocenters. The van der Waals surface area contributed by atoms with Crippen molar-refractivity contribution in [1.29, 1.82) is 0 Å². The molecule has 4 aliphatic rings. The molecule has 4 fully saturated rings. The molecule has 0 aliphatic heterocycles. The number of aryl methyl sites for hydroxylation is 1. The quantitative estimate of drug-likeness (QED) is 0.280. The molecule has 5 rings (SSSR count). The second kappa shape index (κ2) is 9.78. The SMILES string of the molecule is Cc1ccc(S(=O)(=O)OCCC[C@@H](C)[C@H]2CCC3C4CC[C@@H]5CCCC[C@]5(C)C4CC[C@@]32C)cc1. The van der Waals surface area contributed by atoms with E-state index in [1.54, 1.807) is 12.1 Å². The van der Waals surface area contributed by atoms with Crippen molar-refractivity contribution in [1.82, 2.24) is 0 Å². The third kappa shape index (κ3) is 4.65. The van der Waals surface area contributed by atoms with Crippen LogP contribution in [0.25, 0.3) is 0 Å². The van der Waals surface area contributed by atoms with Gasteiger partial charge in [-0.25, -0.2) is 0 Å². The summed E-state index contributed by atoms with van der Waals surface area (Å²) >= 11 is 0. The topological polar surface area (TPSA) is 43.4 Å². The molecule has 0 aromatic heterocycles. The van der Waals surface area contributed by atoms with Crippen LogP contribution < -0.4 is 0 Å². The molecular formula is C31H48O3S. The van der Waals surface area contributed by atoms with Gasteiger partial charge >= 0.3 is 0 Å². The summed E-state index contributed by atoms with van der Waals surface area (Å²) in [5, 5.41) is 0. The number of rotatable bonds is 7. The molecule has 3 nitrogen and oxygen atoms in total. The van der Waals surface area contributed by atoms with E-state index in [0.29, 0.717) is 16.7 Å². The van der Waals surface area contributed by atoms with Gasteiger partial charge in [0.25, 0.3) is 10.1 Å². The van der Waals surface area contributed by atoms with Gasteiger partial charge in [0.2, 0.25) is 0 Å². The predicted molar refractivity (Wildman–Crippen MR) is 143 cm³/mol. The summed E-state index contributed by atoms with van der Waals surface area (Å²) in [5.74, 6) is 5.23. The minimum absolute atomic E-state index is 0.264. The Hall–Kier alpha value is -0.870. The van der Waals surface area contributed by atoms with Crippen LogP contribution in [0.3, 0.4) is 0 Å². The number of hydrogen-bond acceptors (Lipinski definition) is 3. The Labute approximate surface area is 214 Å². The lowest BCUT2D eigenvalue weighted by molar-refractivity contribution is -0.114. The Bertz CT molecular complexity index is 985. The molecule has 8 atom stereocenters. The first-order valence-corrected chi connectivity index (χ1v) is 16.0. The van der Waals surface area contributed by atoms with E-state index >= 15 is 0 Å². The van der Waals surface area contributed by atoms with Crippen molar-refractivity contribution >= 4 is 10.1 Å². The maximum atomic E-state index is 12.5. The maximum Gasteiger partial charge on any atom is 0.296 e. The van der Waals surface area contributed by atoms with Crippen molar-refractivity contribution in [3.05, 3.63) is 29.8 Å². The molecule has 35 heavy (non-hydrogen) atoms. The zero-order chi connectivity index (χ0) is 24.8. The summed E-state index contributed by atoms with van der Waals surface area (Å²) in [5.41, 5.74) is 2.15. The third-order valence-electron chi connectivity index (χ3n) is 11.7. The molecule has 0 saturated heterocycles. The first-order chi connectivity index (χ1) is 16.6. The molecule has 0 spiro atoms. The number of hydrogen-bond donors (Lipinski definition) is 0. The Balaban J connectivity index is 1.17. The predicted octanol–water partition coefficient (Wildman–Crippen LogP) is 8.17. The van der Waals surface area contributed by atoms with Crippen molar-refractivity contribution in [2.24, 2.45) is 46.3 Å². The highest BCUT2D eigenvalue weighted by Crippen LogP contribution is 2.68. The van der Waals surface area contributed by atoms with E-state index in [2.05, 4.69) is 20.8 Å². The zero-order valence-electron chi connectivity index (χ0n) is 22.6. The van der Waals surface area contributed by atoms with Crippen LogP contribution in [-0.2, 0) is 14.3 Å². The van der Waals surface area contributed by atoms with Gasteiger partial charge in [-0.2, -0.15) is 8.42 Å². The summed E-state index contributed by atoms with van der Waals surface area (Å²) in [7, 11) is -3.65. The van der Waals surface area contributed by atoms with Gasteiger partial charge in [0.05, 0.1) is 11.5 Å². The van der Waals surface area contributed by atoms with Crippen LogP contribution in [0.4, 0.5) is 0 Å². The molecule has 0 heterocycles. The van der Waals surface area contributed by atoms with Gasteiger partial charge in [-0.15, -0.1) is 0 Å². The van der Waals surface area contributed by atoms with Crippen LogP contribution in [-0.4, -0.2) is 15.0 Å². The van der Waals surface area contributed by atoms with E-state index in [1.807, 2.05) is 19.1 Å². The number of fused-ring (bicyclic) bond motifs is 5. The summed E-state index contributed by atoms with van der Waals surface area (Å²) in [6.45, 7) is 9.99. The molecule has 4 saturated carbocycles. The van der Waals surface area contributed by atoms with E-state index < -0.39 is 10.1 Å². The second-order valence-electron chi connectivity index (χ2n) is 13.3. The van der Waals surface area contributed by atoms with Gasteiger partial charge in [-0.3, -0.25) is 4.18 Å². The molecule has 4 heteroatoms. The zero-order valence-corrected chi connectivity index (χ0v) is 23.4. The van der Waals surface area contributed by atoms with Gasteiger partial charge < -0.3 is 0 Å². The molecule has 0 bridgehead atoms. The molecular weight excluding hydrogens is 452 g/mol. The van der Waals surface area contributed by atoms with E-state index in [-0.39, 0.29) is 11.5 Å². The lowest BCUT2D eigenvalue weighted by Crippen LogP contribution is -2.53. The van der Waals surface area contributed by atoms with E-state index in [9.17, 15) is 8.42 Å². The largest absolute Gasteiger partial charge is 0.296 e. The normalized spacial score (nSPS) is 39.9. The highest BCUT2D eigenvalue weighted by Gasteiger charge is 2.60. The highest BCUT2D eigenvalue weighted by atomic mass is 32.2. The number of benzene rings is 1.